The van der Waals surface area contributed by atoms with Crippen LogP contribution in [0.2, 0.25) is 5.02 Å². The first kappa shape index (κ1) is 22.2. The number of hydrogen-bond acceptors (Lipinski definition) is 4. The van der Waals surface area contributed by atoms with Crippen LogP contribution in [0.15, 0.2) is 53.1 Å². The van der Waals surface area contributed by atoms with E-state index in [0.29, 0.717) is 28.6 Å². The van der Waals surface area contributed by atoms with E-state index in [1.165, 1.54) is 0 Å². The average Bonchev–Trinajstić information content (AvgIpc) is 3.11. The second-order valence-corrected chi connectivity index (χ2v) is 8.00. The lowest BCUT2D eigenvalue weighted by Crippen LogP contribution is -2.26. The SMILES string of the molecule is CCn1cc(Br)c(CN(C)C(=O)c2ccc(OC)c(COc3ccc(Cl)cc3)c2)n1. The molecule has 0 N–H and O–H groups in total. The maximum atomic E-state index is 13.0. The molecule has 0 bridgehead atoms. The van der Waals surface area contributed by atoms with Crippen molar-refractivity contribution in [2.24, 2.45) is 0 Å². The molecule has 158 valence electrons. The van der Waals surface area contributed by atoms with Gasteiger partial charge >= 0.3 is 0 Å². The first-order valence-electron chi connectivity index (χ1n) is 9.43. The van der Waals surface area contributed by atoms with Crippen LogP contribution in [0, 0.1) is 0 Å². The first-order chi connectivity index (χ1) is 14.4. The lowest BCUT2D eigenvalue weighted by atomic mass is 10.1. The van der Waals surface area contributed by atoms with Crippen LogP contribution in [-0.2, 0) is 19.7 Å². The zero-order valence-corrected chi connectivity index (χ0v) is 19.4. The van der Waals surface area contributed by atoms with E-state index in [1.54, 1.807) is 61.5 Å². The molecule has 0 aliphatic rings. The van der Waals surface area contributed by atoms with Crippen molar-refractivity contribution < 1.29 is 14.3 Å². The lowest BCUT2D eigenvalue weighted by molar-refractivity contribution is 0.0782. The quantitative estimate of drug-likeness (QED) is 0.435. The van der Waals surface area contributed by atoms with Crippen molar-refractivity contribution >= 4 is 33.4 Å². The van der Waals surface area contributed by atoms with E-state index in [9.17, 15) is 4.79 Å². The number of methoxy groups -OCH3 is 1. The van der Waals surface area contributed by atoms with E-state index in [2.05, 4.69) is 21.0 Å². The number of benzene rings is 2. The minimum absolute atomic E-state index is 0.108. The molecule has 0 aliphatic heterocycles. The summed E-state index contributed by atoms with van der Waals surface area (Å²) in [5.41, 5.74) is 2.15. The molecular formula is C22H23BrClN3O3. The van der Waals surface area contributed by atoms with Crippen molar-refractivity contribution in [1.29, 1.82) is 0 Å². The first-order valence-corrected chi connectivity index (χ1v) is 10.6. The molecule has 1 amide bonds. The predicted octanol–water partition coefficient (Wildman–Crippen LogP) is 5.18. The van der Waals surface area contributed by atoms with Crippen molar-refractivity contribution in [1.82, 2.24) is 14.7 Å². The van der Waals surface area contributed by atoms with Gasteiger partial charge in [-0.1, -0.05) is 11.6 Å². The highest BCUT2D eigenvalue weighted by molar-refractivity contribution is 9.10. The van der Waals surface area contributed by atoms with Crippen molar-refractivity contribution in [2.45, 2.75) is 26.6 Å². The van der Waals surface area contributed by atoms with E-state index in [1.807, 2.05) is 17.8 Å². The standard InChI is InChI=1S/C22H23BrClN3O3/c1-4-27-12-19(23)20(25-27)13-26(2)22(28)15-5-10-21(29-3)16(11-15)14-30-18-8-6-17(24)7-9-18/h5-12H,4,13-14H2,1-3H3. The summed E-state index contributed by atoms with van der Waals surface area (Å²) in [5.74, 6) is 1.24. The Hall–Kier alpha value is -2.51. The summed E-state index contributed by atoms with van der Waals surface area (Å²) < 4.78 is 14.0. The second kappa shape index (κ2) is 10.00. The highest BCUT2D eigenvalue weighted by Crippen LogP contribution is 2.24. The summed E-state index contributed by atoms with van der Waals surface area (Å²) in [4.78, 5) is 14.6. The third kappa shape index (κ3) is 5.34. The zero-order valence-electron chi connectivity index (χ0n) is 17.1. The maximum absolute atomic E-state index is 13.0. The second-order valence-electron chi connectivity index (χ2n) is 6.71. The Morgan fingerprint density at radius 3 is 2.60 bits per heavy atom. The molecule has 0 unspecified atom stereocenters. The highest BCUT2D eigenvalue weighted by atomic mass is 79.9. The lowest BCUT2D eigenvalue weighted by Gasteiger charge is -2.18. The molecule has 0 atom stereocenters. The highest BCUT2D eigenvalue weighted by Gasteiger charge is 2.17. The average molecular weight is 493 g/mol. The third-order valence-corrected chi connectivity index (χ3v) is 5.49. The molecule has 3 rings (SSSR count). The molecule has 1 heterocycles. The molecule has 1 aromatic heterocycles. The van der Waals surface area contributed by atoms with E-state index in [4.69, 9.17) is 21.1 Å². The Bertz CT molecular complexity index is 1020. The number of hydrogen-bond donors (Lipinski definition) is 0. The van der Waals surface area contributed by atoms with Gasteiger partial charge in [0.25, 0.3) is 5.91 Å². The Morgan fingerprint density at radius 1 is 1.23 bits per heavy atom. The van der Waals surface area contributed by atoms with E-state index in [0.717, 1.165) is 22.3 Å². The van der Waals surface area contributed by atoms with Crippen LogP contribution in [0.3, 0.4) is 0 Å². The molecule has 3 aromatic rings. The smallest absolute Gasteiger partial charge is 0.253 e. The van der Waals surface area contributed by atoms with Crippen LogP contribution in [0.4, 0.5) is 0 Å². The van der Waals surface area contributed by atoms with Crippen LogP contribution in [0.5, 0.6) is 11.5 Å². The Morgan fingerprint density at radius 2 is 1.97 bits per heavy atom. The number of aryl methyl sites for hydroxylation is 1. The molecule has 2 aromatic carbocycles. The van der Waals surface area contributed by atoms with Crippen LogP contribution in [0.25, 0.3) is 0 Å². The van der Waals surface area contributed by atoms with Gasteiger partial charge in [-0.25, -0.2) is 0 Å². The third-order valence-electron chi connectivity index (χ3n) is 4.58. The number of amides is 1. The number of ether oxygens (including phenoxy) is 2. The van der Waals surface area contributed by atoms with E-state index >= 15 is 0 Å². The minimum Gasteiger partial charge on any atom is -0.496 e. The Balaban J connectivity index is 1.74. The molecular weight excluding hydrogens is 470 g/mol. The van der Waals surface area contributed by atoms with E-state index in [-0.39, 0.29) is 12.5 Å². The molecule has 8 heteroatoms. The van der Waals surface area contributed by atoms with Crippen molar-refractivity contribution in [3.05, 3.63) is 75.0 Å². The number of aromatic nitrogens is 2. The van der Waals surface area contributed by atoms with Crippen molar-refractivity contribution in [2.75, 3.05) is 14.2 Å². The Kier molecular flexibility index (Phi) is 7.39. The fourth-order valence-corrected chi connectivity index (χ4v) is 3.51. The molecule has 0 fully saturated rings. The fraction of sp³-hybridized carbons (Fsp3) is 0.273. The molecule has 0 saturated carbocycles. The summed E-state index contributed by atoms with van der Waals surface area (Å²) in [5, 5.41) is 5.13. The molecule has 0 saturated heterocycles. The van der Waals surface area contributed by atoms with Gasteiger partial charge in [-0.05, 0) is 65.3 Å². The minimum atomic E-state index is -0.108. The van der Waals surface area contributed by atoms with Gasteiger partial charge in [0.2, 0.25) is 0 Å². The van der Waals surface area contributed by atoms with Gasteiger partial charge in [0.05, 0.1) is 23.8 Å². The molecule has 6 nitrogen and oxygen atoms in total. The van der Waals surface area contributed by atoms with Gasteiger partial charge in [0, 0.05) is 35.9 Å². The summed E-state index contributed by atoms with van der Waals surface area (Å²) in [6.45, 7) is 3.45. The van der Waals surface area contributed by atoms with Gasteiger partial charge in [0.1, 0.15) is 18.1 Å². The van der Waals surface area contributed by atoms with Crippen molar-refractivity contribution in [3.8, 4) is 11.5 Å². The summed E-state index contributed by atoms with van der Waals surface area (Å²) in [6, 6.07) is 12.5. The van der Waals surface area contributed by atoms with Crippen LogP contribution in [0.1, 0.15) is 28.5 Å². The Labute approximate surface area is 189 Å². The van der Waals surface area contributed by atoms with Crippen LogP contribution >= 0.6 is 27.5 Å². The van der Waals surface area contributed by atoms with Gasteiger partial charge in [-0.2, -0.15) is 5.10 Å². The molecule has 0 radical (unpaired) electrons. The van der Waals surface area contributed by atoms with E-state index < -0.39 is 0 Å². The summed E-state index contributed by atoms with van der Waals surface area (Å²) >= 11 is 9.42. The monoisotopic (exact) mass is 491 g/mol. The van der Waals surface area contributed by atoms with Gasteiger partial charge in [0.15, 0.2) is 0 Å². The maximum Gasteiger partial charge on any atom is 0.253 e. The van der Waals surface area contributed by atoms with Gasteiger partial charge < -0.3 is 14.4 Å². The van der Waals surface area contributed by atoms with Gasteiger partial charge in [-0.15, -0.1) is 0 Å². The largest absolute Gasteiger partial charge is 0.496 e. The fourth-order valence-electron chi connectivity index (χ4n) is 2.94. The molecule has 30 heavy (non-hydrogen) atoms. The van der Waals surface area contributed by atoms with Crippen LogP contribution < -0.4 is 9.47 Å². The topological polar surface area (TPSA) is 56.6 Å². The number of carbonyl (C=O) groups excluding carboxylic acids is 1. The zero-order chi connectivity index (χ0) is 21.7. The number of carbonyl (C=O) groups is 1. The molecule has 0 aliphatic carbocycles. The molecule has 0 spiro atoms. The number of halogens is 2. The number of rotatable bonds is 8. The summed E-state index contributed by atoms with van der Waals surface area (Å²) in [7, 11) is 3.35. The van der Waals surface area contributed by atoms with Gasteiger partial charge in [-0.3, -0.25) is 9.48 Å². The van der Waals surface area contributed by atoms with Crippen molar-refractivity contribution in [3.63, 3.8) is 0 Å². The summed E-state index contributed by atoms with van der Waals surface area (Å²) in [6.07, 6.45) is 1.91. The van der Waals surface area contributed by atoms with Crippen LogP contribution in [-0.4, -0.2) is 34.7 Å². The normalized spacial score (nSPS) is 10.7. The number of nitrogens with zero attached hydrogens (tertiary/aromatic N) is 3. The predicted molar refractivity (Wildman–Crippen MR) is 120 cm³/mol.